The molecule has 0 saturated heterocycles. The highest BCUT2D eigenvalue weighted by Gasteiger charge is 2.23. The molecule has 0 heterocycles. The summed E-state index contributed by atoms with van der Waals surface area (Å²) in [5, 5.41) is 25.9. The third-order valence-electron chi connectivity index (χ3n) is 4.05. The number of rotatable bonds is 9. The molecular formula is C18H24N2O12P2. The molecule has 0 spiro atoms. The van der Waals surface area contributed by atoms with Crippen LogP contribution in [0.2, 0.25) is 0 Å². The minimum Gasteiger partial charge on any atom is -0.507 e. The van der Waals surface area contributed by atoms with Crippen LogP contribution in [0.25, 0.3) is 0 Å². The highest BCUT2D eigenvalue weighted by molar-refractivity contribution is 7.60. The first-order valence-corrected chi connectivity index (χ1v) is 12.3. The van der Waals surface area contributed by atoms with Crippen LogP contribution in [0.15, 0.2) is 42.5 Å². The Labute approximate surface area is 192 Å². The molecular weight excluding hydrogens is 498 g/mol. The van der Waals surface area contributed by atoms with Gasteiger partial charge in [0.05, 0.1) is 0 Å². The molecule has 2 rings (SSSR count). The van der Waals surface area contributed by atoms with Crippen LogP contribution in [0.5, 0.6) is 11.5 Å². The highest BCUT2D eigenvalue weighted by atomic mass is 31.2. The lowest BCUT2D eigenvalue weighted by Crippen LogP contribution is -2.32. The second kappa shape index (κ2) is 12.1. The summed E-state index contributed by atoms with van der Waals surface area (Å²) in [4.78, 5) is 56.0. The molecule has 2 aromatic carbocycles. The average molecular weight is 522 g/mol. The minimum atomic E-state index is -4.59. The molecule has 0 aliphatic heterocycles. The Morgan fingerprint density at radius 1 is 0.824 bits per heavy atom. The number of phosphoric acid groups is 1. The van der Waals surface area contributed by atoms with E-state index in [1.807, 2.05) is 0 Å². The molecule has 0 aromatic heterocycles. The molecule has 0 unspecified atom stereocenters. The van der Waals surface area contributed by atoms with E-state index < -0.39 is 50.5 Å². The predicted molar refractivity (Wildman–Crippen MR) is 118 cm³/mol. The maximum atomic E-state index is 11.0. The van der Waals surface area contributed by atoms with Gasteiger partial charge in [-0.1, -0.05) is 18.2 Å². The first-order chi connectivity index (χ1) is 15.5. The van der Waals surface area contributed by atoms with Crippen molar-refractivity contribution in [2.24, 2.45) is 11.5 Å². The number of carboxylic acid groups (broad SMARTS) is 2. The third-order valence-corrected chi connectivity index (χ3v) is 5.48. The van der Waals surface area contributed by atoms with Crippen molar-refractivity contribution in [3.63, 3.8) is 0 Å². The summed E-state index contributed by atoms with van der Waals surface area (Å²) in [6.07, 6.45) is 0.0497. The topological polar surface area (TPSA) is 271 Å². The highest BCUT2D eigenvalue weighted by Crippen LogP contribution is 2.38. The molecule has 11 N–H and O–H groups in total. The van der Waals surface area contributed by atoms with Crippen LogP contribution in [0.3, 0.4) is 0 Å². The zero-order chi connectivity index (χ0) is 26.3. The number of benzene rings is 2. The Morgan fingerprint density at radius 2 is 1.26 bits per heavy atom. The first kappa shape index (κ1) is 29.2. The van der Waals surface area contributed by atoms with Crippen LogP contribution in [-0.4, -0.2) is 58.9 Å². The third kappa shape index (κ3) is 10.4. The van der Waals surface area contributed by atoms with E-state index in [1.54, 1.807) is 0 Å². The quantitative estimate of drug-likeness (QED) is 0.184. The van der Waals surface area contributed by atoms with E-state index in [4.69, 9.17) is 41.3 Å². The van der Waals surface area contributed by atoms with E-state index in [9.17, 15) is 23.8 Å². The number of carboxylic acids is 2. The van der Waals surface area contributed by atoms with E-state index in [0.29, 0.717) is 11.1 Å². The van der Waals surface area contributed by atoms with Gasteiger partial charge in [0.1, 0.15) is 28.9 Å². The van der Waals surface area contributed by atoms with Crippen molar-refractivity contribution in [3.8, 4) is 11.5 Å². The first-order valence-electron chi connectivity index (χ1n) is 9.18. The van der Waals surface area contributed by atoms with Crippen LogP contribution in [0.4, 0.5) is 0 Å². The normalized spacial score (nSPS) is 13.2. The van der Waals surface area contributed by atoms with Crippen LogP contribution >= 0.6 is 15.4 Å². The number of aromatic hydroxyl groups is 1. The van der Waals surface area contributed by atoms with Crippen LogP contribution in [-0.2, 0) is 31.6 Å². The van der Waals surface area contributed by atoms with Gasteiger partial charge in [-0.2, -0.15) is 0 Å². The molecule has 2 aromatic rings. The second-order valence-corrected chi connectivity index (χ2v) is 9.62. The lowest BCUT2D eigenvalue weighted by molar-refractivity contribution is -0.139. The Hall–Kier alpha value is -2.80. The molecule has 0 aliphatic rings. The van der Waals surface area contributed by atoms with Gasteiger partial charge < -0.3 is 41.1 Å². The van der Waals surface area contributed by atoms with E-state index in [0.717, 1.165) is 12.1 Å². The van der Waals surface area contributed by atoms with Crippen molar-refractivity contribution in [1.29, 1.82) is 0 Å². The fourth-order valence-electron chi connectivity index (χ4n) is 2.44. The lowest BCUT2D eigenvalue weighted by Gasteiger charge is -2.10. The predicted octanol–water partition coefficient (Wildman–Crippen LogP) is -0.738. The standard InChI is InChI=1S/2C9H12NO6P/c10-8(9(11)12)5-6-1-3-7(4-2-6)16-17(13,14)15;10-6(9(12)13)3-5-1-2-7(11)8(4-5)17(14,15)16/h1-4,8H,5,10H2,(H,11,12)(H2,13,14,15);1-2,4,6,11H,3,10H2,(H,12,13)(H2,14,15,16)/t8-;6-/m00/s1. The molecule has 0 saturated carbocycles. The van der Waals surface area contributed by atoms with Crippen molar-refractivity contribution in [2.75, 3.05) is 0 Å². The number of nitrogens with two attached hydrogens (primary N) is 2. The molecule has 0 amide bonds. The SMILES string of the molecule is N[C@@H](Cc1ccc(O)c(P(=O)(O)O)c1)C(=O)O.N[C@@H](Cc1ccc(OP(=O)(O)O)cc1)C(=O)O. The van der Waals surface area contributed by atoms with Gasteiger partial charge in [-0.3, -0.25) is 23.9 Å². The largest absolute Gasteiger partial charge is 0.524 e. The molecule has 0 aliphatic carbocycles. The number of carbonyl (C=O) groups is 2. The number of phosphoric ester groups is 1. The molecule has 34 heavy (non-hydrogen) atoms. The smallest absolute Gasteiger partial charge is 0.507 e. The van der Waals surface area contributed by atoms with Crippen molar-refractivity contribution in [2.45, 2.75) is 24.9 Å². The Kier molecular flexibility index (Phi) is 10.4. The van der Waals surface area contributed by atoms with Crippen LogP contribution in [0, 0.1) is 0 Å². The van der Waals surface area contributed by atoms with Crippen LogP contribution < -0.4 is 21.3 Å². The van der Waals surface area contributed by atoms with Gasteiger partial charge in [-0.15, -0.1) is 0 Å². The number of phenols is 1. The fourth-order valence-corrected chi connectivity index (χ4v) is 3.54. The van der Waals surface area contributed by atoms with E-state index in [-0.39, 0.29) is 18.6 Å². The second-order valence-electron chi connectivity index (χ2n) is 6.89. The summed E-state index contributed by atoms with van der Waals surface area (Å²) in [5.41, 5.74) is 11.6. The van der Waals surface area contributed by atoms with Crippen LogP contribution in [0.1, 0.15) is 11.1 Å². The summed E-state index contributed by atoms with van der Waals surface area (Å²) >= 11 is 0. The molecule has 0 bridgehead atoms. The van der Waals surface area contributed by atoms with Crippen molar-refractivity contribution < 1.29 is 58.1 Å². The van der Waals surface area contributed by atoms with Gasteiger partial charge in [0, 0.05) is 0 Å². The Balaban J connectivity index is 0.000000340. The van der Waals surface area contributed by atoms with Gasteiger partial charge in [0.15, 0.2) is 0 Å². The van der Waals surface area contributed by atoms with Gasteiger partial charge in [0.25, 0.3) is 0 Å². The van der Waals surface area contributed by atoms with E-state index in [1.165, 1.54) is 30.3 Å². The zero-order valence-corrected chi connectivity index (χ0v) is 19.1. The molecule has 2 atom stereocenters. The summed E-state index contributed by atoms with van der Waals surface area (Å²) in [7, 11) is -9.15. The van der Waals surface area contributed by atoms with Gasteiger partial charge in [-0.05, 0) is 48.2 Å². The zero-order valence-electron chi connectivity index (χ0n) is 17.3. The number of hydrogen-bond donors (Lipinski definition) is 9. The number of hydrogen-bond acceptors (Lipinski definition) is 8. The molecule has 188 valence electrons. The summed E-state index contributed by atoms with van der Waals surface area (Å²) in [6, 6.07) is 7.00. The van der Waals surface area contributed by atoms with Gasteiger partial charge in [0.2, 0.25) is 0 Å². The van der Waals surface area contributed by atoms with E-state index >= 15 is 0 Å². The van der Waals surface area contributed by atoms with Crippen molar-refractivity contribution in [3.05, 3.63) is 53.6 Å². The van der Waals surface area contributed by atoms with E-state index in [2.05, 4.69) is 4.52 Å². The van der Waals surface area contributed by atoms with Crippen molar-refractivity contribution >= 4 is 32.7 Å². The number of phenolic OH excluding ortho intramolecular Hbond substituents is 1. The Morgan fingerprint density at radius 3 is 1.68 bits per heavy atom. The molecule has 16 heteroatoms. The number of aliphatic carboxylic acids is 2. The maximum absolute atomic E-state index is 11.0. The lowest BCUT2D eigenvalue weighted by atomic mass is 10.1. The fraction of sp³-hybridized carbons (Fsp3) is 0.222. The minimum absolute atomic E-state index is 0.00554. The molecule has 0 fully saturated rings. The average Bonchev–Trinajstić information content (AvgIpc) is 2.69. The molecule has 0 radical (unpaired) electrons. The van der Waals surface area contributed by atoms with Crippen molar-refractivity contribution in [1.82, 2.24) is 0 Å². The Bertz CT molecular complexity index is 1100. The summed E-state index contributed by atoms with van der Waals surface area (Å²) in [6.45, 7) is 0. The summed E-state index contributed by atoms with van der Waals surface area (Å²) < 4.78 is 25.9. The molecule has 14 nitrogen and oxygen atoms in total. The summed E-state index contributed by atoms with van der Waals surface area (Å²) in [5.74, 6) is -2.85. The van der Waals surface area contributed by atoms with Gasteiger partial charge in [-0.25, -0.2) is 4.57 Å². The monoisotopic (exact) mass is 522 g/mol. The van der Waals surface area contributed by atoms with Gasteiger partial charge >= 0.3 is 27.4 Å². The maximum Gasteiger partial charge on any atom is 0.524 e.